The van der Waals surface area contributed by atoms with Crippen LogP contribution in [-0.2, 0) is 6.67 Å². The molecule has 0 aliphatic carbocycles. The fourth-order valence-corrected chi connectivity index (χ4v) is 3.75. The van der Waals surface area contributed by atoms with Gasteiger partial charge in [0.25, 0.3) is 0 Å². The lowest BCUT2D eigenvalue weighted by atomic mass is 10.0. The largest absolute Gasteiger partial charge is 0.454 e. The number of fused-ring (bicyclic) bond motifs is 1. The maximum atomic E-state index is 11.2. The lowest BCUT2D eigenvalue weighted by Crippen LogP contribution is -2.27. The summed E-state index contributed by atoms with van der Waals surface area (Å²) in [7, 11) is 0. The van der Waals surface area contributed by atoms with Crippen molar-refractivity contribution in [3.05, 3.63) is 45.3 Å². The van der Waals surface area contributed by atoms with E-state index in [2.05, 4.69) is 16.1 Å². The first-order valence-corrected chi connectivity index (χ1v) is 8.36. The number of likely N-dealkylation sites (tertiary alicyclic amines) is 1. The molecule has 0 radical (unpaired) electrons. The number of nitrogens with zero attached hydrogens (tertiary/aromatic N) is 4. The molecular weight excluding hydrogens is 324 g/mol. The van der Waals surface area contributed by atoms with Crippen molar-refractivity contribution >= 4 is 5.69 Å². The third-order valence-electron chi connectivity index (χ3n) is 4.99. The molecule has 25 heavy (non-hydrogen) atoms. The van der Waals surface area contributed by atoms with Gasteiger partial charge in [-0.05, 0) is 44.4 Å². The number of hydrogen-bond donors (Lipinski definition) is 0. The second-order valence-corrected chi connectivity index (χ2v) is 6.50. The molecule has 1 aromatic carbocycles. The van der Waals surface area contributed by atoms with Crippen LogP contribution < -0.4 is 9.47 Å². The Labute approximate surface area is 145 Å². The Morgan fingerprint density at radius 2 is 2.12 bits per heavy atom. The summed E-state index contributed by atoms with van der Waals surface area (Å²) >= 11 is 0. The van der Waals surface area contributed by atoms with E-state index in [-0.39, 0.29) is 23.4 Å². The predicted octanol–water partition coefficient (Wildman–Crippen LogP) is 2.93. The fraction of sp³-hybridized carbons (Fsp3) is 0.471. The molecule has 0 saturated carbocycles. The first-order valence-electron chi connectivity index (χ1n) is 8.36. The lowest BCUT2D eigenvalue weighted by Gasteiger charge is -2.25. The highest BCUT2D eigenvalue weighted by Gasteiger charge is 2.30. The molecule has 0 amide bonds. The van der Waals surface area contributed by atoms with Crippen molar-refractivity contribution in [2.75, 3.05) is 13.3 Å². The van der Waals surface area contributed by atoms with Crippen LogP contribution in [0.4, 0.5) is 5.69 Å². The molecule has 0 unspecified atom stereocenters. The van der Waals surface area contributed by atoms with E-state index >= 15 is 0 Å². The summed E-state index contributed by atoms with van der Waals surface area (Å²) in [5.41, 5.74) is 2.34. The summed E-state index contributed by atoms with van der Waals surface area (Å²) in [6, 6.07) is 6.30. The van der Waals surface area contributed by atoms with E-state index in [0.29, 0.717) is 18.1 Å². The molecule has 1 aromatic heterocycles. The molecule has 0 spiro atoms. The quantitative estimate of drug-likeness (QED) is 0.626. The normalized spacial score (nSPS) is 19.5. The molecule has 2 aliphatic heterocycles. The van der Waals surface area contributed by atoms with Gasteiger partial charge < -0.3 is 9.47 Å². The molecule has 1 atom stereocenters. The van der Waals surface area contributed by atoms with Gasteiger partial charge in [0.05, 0.1) is 11.6 Å². The zero-order valence-electron chi connectivity index (χ0n) is 14.3. The van der Waals surface area contributed by atoms with Crippen LogP contribution in [0.15, 0.2) is 18.2 Å². The molecule has 8 heteroatoms. The Morgan fingerprint density at radius 3 is 2.88 bits per heavy atom. The van der Waals surface area contributed by atoms with Crippen molar-refractivity contribution in [1.82, 2.24) is 14.7 Å². The highest BCUT2D eigenvalue weighted by molar-refractivity contribution is 5.45. The molecule has 2 aromatic rings. The summed E-state index contributed by atoms with van der Waals surface area (Å²) < 4.78 is 12.6. The number of benzene rings is 1. The number of ether oxygens (including phenoxy) is 2. The average Bonchev–Trinajstić information content (AvgIpc) is 3.26. The summed E-state index contributed by atoms with van der Waals surface area (Å²) in [5, 5.41) is 15.6. The number of nitro groups is 1. The van der Waals surface area contributed by atoms with Gasteiger partial charge in [-0.3, -0.25) is 15.0 Å². The van der Waals surface area contributed by atoms with Crippen molar-refractivity contribution in [2.45, 2.75) is 39.4 Å². The van der Waals surface area contributed by atoms with Crippen LogP contribution in [-0.4, -0.2) is 32.9 Å². The molecule has 0 bridgehead atoms. The van der Waals surface area contributed by atoms with E-state index in [0.717, 1.165) is 30.9 Å². The average molecular weight is 344 g/mol. The lowest BCUT2D eigenvalue weighted by molar-refractivity contribution is -0.386. The second-order valence-electron chi connectivity index (χ2n) is 6.50. The molecule has 3 heterocycles. The van der Waals surface area contributed by atoms with Crippen molar-refractivity contribution in [3.63, 3.8) is 0 Å². The molecule has 2 aliphatic rings. The molecule has 8 nitrogen and oxygen atoms in total. The minimum atomic E-state index is -0.354. The molecule has 132 valence electrons. The van der Waals surface area contributed by atoms with Crippen molar-refractivity contribution < 1.29 is 14.4 Å². The molecule has 1 saturated heterocycles. The monoisotopic (exact) mass is 344 g/mol. The van der Waals surface area contributed by atoms with Crippen LogP contribution in [0.5, 0.6) is 11.5 Å². The number of aromatic nitrogens is 2. The number of hydrogen-bond acceptors (Lipinski definition) is 6. The van der Waals surface area contributed by atoms with E-state index in [1.54, 1.807) is 18.5 Å². The minimum Gasteiger partial charge on any atom is -0.454 e. The Balaban J connectivity index is 1.58. The highest BCUT2D eigenvalue weighted by atomic mass is 16.7. The van der Waals surface area contributed by atoms with Crippen molar-refractivity contribution in [1.29, 1.82) is 0 Å². The zero-order valence-corrected chi connectivity index (χ0v) is 14.3. The summed E-state index contributed by atoms with van der Waals surface area (Å²) in [6.07, 6.45) is 2.13. The summed E-state index contributed by atoms with van der Waals surface area (Å²) in [4.78, 5) is 13.2. The van der Waals surface area contributed by atoms with Crippen molar-refractivity contribution in [2.24, 2.45) is 0 Å². The Hall–Kier alpha value is -2.61. The predicted molar refractivity (Wildman–Crippen MR) is 89.6 cm³/mol. The van der Waals surface area contributed by atoms with Crippen LogP contribution in [0.3, 0.4) is 0 Å². The van der Waals surface area contributed by atoms with Gasteiger partial charge in [-0.2, -0.15) is 5.10 Å². The van der Waals surface area contributed by atoms with Gasteiger partial charge in [-0.25, -0.2) is 4.68 Å². The standard InChI is InChI=1S/C17H20N4O4/c1-11-17(21(22)23)12(2)20(18-11)9-19-7-3-4-14(19)13-5-6-15-16(8-13)25-10-24-15/h5-6,8,14H,3-4,7,9-10H2,1-2H3/t14-/m0/s1. The van der Waals surface area contributed by atoms with Crippen LogP contribution in [0.1, 0.15) is 35.8 Å². The van der Waals surface area contributed by atoms with E-state index in [4.69, 9.17) is 9.47 Å². The highest BCUT2D eigenvalue weighted by Crippen LogP contribution is 2.39. The number of aryl methyl sites for hydroxylation is 1. The third kappa shape index (κ3) is 2.72. The summed E-state index contributed by atoms with van der Waals surface area (Å²) in [6.45, 7) is 5.18. The van der Waals surface area contributed by atoms with Gasteiger partial charge in [0, 0.05) is 12.6 Å². The Morgan fingerprint density at radius 1 is 1.32 bits per heavy atom. The molecule has 0 N–H and O–H groups in total. The molecule has 1 fully saturated rings. The second kappa shape index (κ2) is 6.03. The van der Waals surface area contributed by atoms with Gasteiger partial charge in [-0.1, -0.05) is 6.07 Å². The first-order chi connectivity index (χ1) is 12.0. The topological polar surface area (TPSA) is 82.7 Å². The van der Waals surface area contributed by atoms with E-state index in [1.165, 1.54) is 5.56 Å². The van der Waals surface area contributed by atoms with Crippen LogP contribution >= 0.6 is 0 Å². The van der Waals surface area contributed by atoms with E-state index in [1.807, 2.05) is 12.1 Å². The van der Waals surface area contributed by atoms with E-state index in [9.17, 15) is 10.1 Å². The summed E-state index contributed by atoms with van der Waals surface area (Å²) in [5.74, 6) is 1.56. The van der Waals surface area contributed by atoms with Gasteiger partial charge in [-0.15, -0.1) is 0 Å². The van der Waals surface area contributed by atoms with E-state index < -0.39 is 0 Å². The maximum absolute atomic E-state index is 11.2. The third-order valence-corrected chi connectivity index (χ3v) is 4.99. The SMILES string of the molecule is Cc1nn(CN2CCC[C@H]2c2ccc3c(c2)OCO3)c(C)c1[N+](=O)[O-]. The Bertz CT molecular complexity index is 832. The van der Waals surface area contributed by atoms with Gasteiger partial charge in [0.1, 0.15) is 11.4 Å². The van der Waals surface area contributed by atoms with Gasteiger partial charge in [0.2, 0.25) is 6.79 Å². The van der Waals surface area contributed by atoms with Crippen LogP contribution in [0, 0.1) is 24.0 Å². The first kappa shape index (κ1) is 15.9. The Kier molecular flexibility index (Phi) is 3.84. The number of rotatable bonds is 4. The van der Waals surface area contributed by atoms with Gasteiger partial charge in [0.15, 0.2) is 11.5 Å². The minimum absolute atomic E-state index is 0.110. The maximum Gasteiger partial charge on any atom is 0.312 e. The van der Waals surface area contributed by atoms with Crippen molar-refractivity contribution in [3.8, 4) is 11.5 Å². The van der Waals surface area contributed by atoms with Crippen LogP contribution in [0.25, 0.3) is 0 Å². The zero-order chi connectivity index (χ0) is 17.6. The molecule has 4 rings (SSSR count). The molecular formula is C17H20N4O4. The smallest absolute Gasteiger partial charge is 0.312 e. The van der Waals surface area contributed by atoms with Gasteiger partial charge >= 0.3 is 5.69 Å². The fourth-order valence-electron chi connectivity index (χ4n) is 3.75. The van der Waals surface area contributed by atoms with Crippen LogP contribution in [0.2, 0.25) is 0 Å².